The fraction of sp³-hybridized carbons (Fsp3) is 0.222. The van der Waals surface area contributed by atoms with E-state index in [2.05, 4.69) is 4.98 Å². The minimum atomic E-state index is -1.60. The normalized spacial score (nSPS) is 18.4. The topological polar surface area (TPSA) is 81.4 Å². The third-order valence-corrected chi connectivity index (χ3v) is 7.12. The summed E-state index contributed by atoms with van der Waals surface area (Å²) in [5, 5.41) is 11.6. The Kier molecular flexibility index (Phi) is 4.85. The number of nitrogens with zero attached hydrogens (tertiary/aromatic N) is 2. The van der Waals surface area contributed by atoms with Crippen molar-refractivity contribution in [3.8, 4) is 22.5 Å². The fourth-order valence-corrected chi connectivity index (χ4v) is 5.22. The molecule has 1 N–H and O–H groups in total. The van der Waals surface area contributed by atoms with E-state index in [4.69, 9.17) is 4.74 Å². The molecular weight excluding hydrogens is 473 g/mol. The van der Waals surface area contributed by atoms with E-state index in [1.807, 2.05) is 0 Å². The minimum absolute atomic E-state index is 0.0594. The van der Waals surface area contributed by atoms with Crippen LogP contribution in [0.5, 0.6) is 0 Å². The number of cyclic esters (lactones) is 1. The van der Waals surface area contributed by atoms with Gasteiger partial charge in [-0.2, -0.15) is 0 Å². The predicted octanol–water partition coefficient (Wildman–Crippen LogP) is 4.55. The smallest absolute Gasteiger partial charge is 0.309 e. The first-order chi connectivity index (χ1) is 17.2. The zero-order chi connectivity index (χ0) is 25.4. The Hall–Kier alpha value is -3.98. The molecule has 182 valence electrons. The standard InChI is InChI=1S/C27H19F3N2O4/c1-2-27(35)10-23(33)36-12-17-18(27)8-22-25-16(11-32(22)26(17)34)24(13-3-5-14(28)6-4-13)15-7-19(29)20(30)9-21(15)31-25/h3-9,35H,2,10-12H2,1H3/t27-/m1/s1. The lowest BCUT2D eigenvalue weighted by Gasteiger charge is -2.26. The maximum absolute atomic E-state index is 14.3. The second-order valence-electron chi connectivity index (χ2n) is 9.14. The third-order valence-electron chi connectivity index (χ3n) is 7.12. The zero-order valence-corrected chi connectivity index (χ0v) is 19.1. The van der Waals surface area contributed by atoms with E-state index in [0.29, 0.717) is 33.5 Å². The molecule has 1 atom stereocenters. The minimum Gasteiger partial charge on any atom is -0.460 e. The van der Waals surface area contributed by atoms with Gasteiger partial charge in [-0.15, -0.1) is 0 Å². The molecule has 0 saturated heterocycles. The molecule has 2 aliphatic heterocycles. The summed E-state index contributed by atoms with van der Waals surface area (Å²) in [6.45, 7) is 1.49. The van der Waals surface area contributed by atoms with E-state index < -0.39 is 34.6 Å². The van der Waals surface area contributed by atoms with Crippen LogP contribution in [0.4, 0.5) is 13.2 Å². The maximum Gasteiger partial charge on any atom is 0.309 e. The molecule has 36 heavy (non-hydrogen) atoms. The van der Waals surface area contributed by atoms with E-state index in [1.165, 1.54) is 28.8 Å². The fourth-order valence-electron chi connectivity index (χ4n) is 5.22. The summed E-state index contributed by atoms with van der Waals surface area (Å²) in [6.07, 6.45) is -0.135. The number of halogens is 3. The van der Waals surface area contributed by atoms with Crippen LogP contribution < -0.4 is 5.56 Å². The first-order valence-electron chi connectivity index (χ1n) is 11.4. The molecule has 2 aliphatic rings. The molecule has 0 bridgehead atoms. The molecule has 0 saturated carbocycles. The van der Waals surface area contributed by atoms with E-state index in [9.17, 15) is 27.9 Å². The quantitative estimate of drug-likeness (QED) is 0.366. The van der Waals surface area contributed by atoms with Crippen LogP contribution in [-0.2, 0) is 28.3 Å². The van der Waals surface area contributed by atoms with Crippen LogP contribution in [0.2, 0.25) is 0 Å². The van der Waals surface area contributed by atoms with Gasteiger partial charge in [0.05, 0.1) is 35.4 Å². The van der Waals surface area contributed by atoms with Crippen LogP contribution in [0.1, 0.15) is 36.5 Å². The molecule has 2 aromatic carbocycles. The van der Waals surface area contributed by atoms with Gasteiger partial charge in [-0.3, -0.25) is 9.59 Å². The van der Waals surface area contributed by atoms with Crippen molar-refractivity contribution in [3.63, 3.8) is 0 Å². The number of aliphatic hydroxyl groups is 1. The largest absolute Gasteiger partial charge is 0.460 e. The molecule has 9 heteroatoms. The Morgan fingerprint density at radius 1 is 1.06 bits per heavy atom. The molecule has 0 fully saturated rings. The highest BCUT2D eigenvalue weighted by Crippen LogP contribution is 2.43. The molecule has 0 amide bonds. The second-order valence-corrected chi connectivity index (χ2v) is 9.14. The lowest BCUT2D eigenvalue weighted by Crippen LogP contribution is -2.32. The summed E-state index contributed by atoms with van der Waals surface area (Å²) < 4.78 is 48.8. The Balaban J connectivity index is 1.69. The van der Waals surface area contributed by atoms with E-state index in [-0.39, 0.29) is 42.6 Å². The SMILES string of the molecule is CC[C@@]1(O)CC(=O)OCc2c1cc1n(c2=O)Cc2c-1nc1cc(F)c(F)cc1c2-c1ccc(F)cc1. The average molecular weight is 492 g/mol. The van der Waals surface area contributed by atoms with Crippen LogP contribution in [0.15, 0.2) is 47.3 Å². The first kappa shape index (κ1) is 22.5. The van der Waals surface area contributed by atoms with E-state index in [0.717, 1.165) is 12.1 Å². The van der Waals surface area contributed by atoms with Crippen molar-refractivity contribution in [2.45, 2.75) is 38.5 Å². The van der Waals surface area contributed by atoms with E-state index in [1.54, 1.807) is 13.0 Å². The van der Waals surface area contributed by atoms with Crippen LogP contribution in [0, 0.1) is 17.5 Å². The number of rotatable bonds is 2. The van der Waals surface area contributed by atoms with Crippen molar-refractivity contribution in [2.24, 2.45) is 0 Å². The van der Waals surface area contributed by atoms with Crippen molar-refractivity contribution in [2.75, 3.05) is 0 Å². The van der Waals surface area contributed by atoms with Crippen LogP contribution in [-0.4, -0.2) is 20.6 Å². The highest BCUT2D eigenvalue weighted by molar-refractivity contribution is 5.99. The van der Waals surface area contributed by atoms with Gasteiger partial charge in [0.1, 0.15) is 18.0 Å². The summed E-state index contributed by atoms with van der Waals surface area (Å²) >= 11 is 0. The van der Waals surface area contributed by atoms with Crippen LogP contribution in [0.25, 0.3) is 33.4 Å². The van der Waals surface area contributed by atoms with Gasteiger partial charge in [-0.05, 0) is 47.4 Å². The number of carbonyl (C=O) groups excluding carboxylic acids is 1. The number of hydrogen-bond acceptors (Lipinski definition) is 5. The van der Waals surface area contributed by atoms with E-state index >= 15 is 0 Å². The molecule has 4 heterocycles. The van der Waals surface area contributed by atoms with Crippen molar-refractivity contribution >= 4 is 16.9 Å². The first-order valence-corrected chi connectivity index (χ1v) is 11.4. The van der Waals surface area contributed by atoms with Gasteiger partial charge >= 0.3 is 5.97 Å². The summed E-state index contributed by atoms with van der Waals surface area (Å²) in [6, 6.07) is 9.25. The number of aromatic nitrogens is 2. The Labute approximate surface area is 202 Å². The number of carbonyl (C=O) groups is 1. The lowest BCUT2D eigenvalue weighted by atomic mass is 9.85. The molecule has 4 aromatic rings. The van der Waals surface area contributed by atoms with Gasteiger partial charge in [-0.25, -0.2) is 18.2 Å². The average Bonchev–Trinajstić information content (AvgIpc) is 3.15. The highest BCUT2D eigenvalue weighted by atomic mass is 19.2. The lowest BCUT2D eigenvalue weighted by molar-refractivity contribution is -0.149. The van der Waals surface area contributed by atoms with Gasteiger partial charge in [-0.1, -0.05) is 19.1 Å². The van der Waals surface area contributed by atoms with Crippen molar-refractivity contribution < 1.29 is 27.8 Å². The number of fused-ring (bicyclic) bond motifs is 5. The third kappa shape index (κ3) is 3.19. The molecule has 0 radical (unpaired) electrons. The van der Waals surface area contributed by atoms with Gasteiger partial charge in [0.25, 0.3) is 5.56 Å². The summed E-state index contributed by atoms with van der Waals surface area (Å²) in [5.41, 5.74) is 0.938. The molecule has 0 aliphatic carbocycles. The van der Waals surface area contributed by atoms with Gasteiger partial charge in [0, 0.05) is 17.0 Å². The number of ether oxygens (including phenoxy) is 1. The number of hydrogen-bond donors (Lipinski definition) is 1. The monoisotopic (exact) mass is 492 g/mol. The predicted molar refractivity (Wildman–Crippen MR) is 124 cm³/mol. The van der Waals surface area contributed by atoms with Crippen molar-refractivity contribution in [3.05, 3.63) is 87.0 Å². The number of benzene rings is 2. The van der Waals surface area contributed by atoms with Crippen LogP contribution in [0.3, 0.4) is 0 Å². The number of pyridine rings is 2. The maximum atomic E-state index is 14.3. The van der Waals surface area contributed by atoms with Gasteiger partial charge < -0.3 is 14.4 Å². The molecule has 2 aromatic heterocycles. The highest BCUT2D eigenvalue weighted by Gasteiger charge is 2.40. The molecule has 6 rings (SSSR count). The summed E-state index contributed by atoms with van der Waals surface area (Å²) in [7, 11) is 0. The number of esters is 1. The Bertz CT molecular complexity index is 1660. The summed E-state index contributed by atoms with van der Waals surface area (Å²) in [5.74, 6) is -3.20. The molecule has 0 spiro atoms. The van der Waals surface area contributed by atoms with Gasteiger partial charge in [0.2, 0.25) is 0 Å². The van der Waals surface area contributed by atoms with Crippen molar-refractivity contribution in [1.29, 1.82) is 0 Å². The zero-order valence-electron chi connectivity index (χ0n) is 19.1. The van der Waals surface area contributed by atoms with Crippen LogP contribution >= 0.6 is 0 Å². The Morgan fingerprint density at radius 2 is 1.78 bits per heavy atom. The summed E-state index contributed by atoms with van der Waals surface area (Å²) in [4.78, 5) is 30.3. The Morgan fingerprint density at radius 3 is 2.50 bits per heavy atom. The molecule has 0 unspecified atom stereocenters. The molecular formula is C27H19F3N2O4. The van der Waals surface area contributed by atoms with Gasteiger partial charge in [0.15, 0.2) is 11.6 Å². The molecule has 6 nitrogen and oxygen atoms in total. The van der Waals surface area contributed by atoms with Crippen molar-refractivity contribution in [1.82, 2.24) is 9.55 Å². The second kappa shape index (κ2) is 7.76.